The van der Waals surface area contributed by atoms with E-state index in [4.69, 9.17) is 18.9 Å². The number of benzene rings is 2. The van der Waals surface area contributed by atoms with E-state index in [-0.39, 0.29) is 24.6 Å². The molecule has 1 heterocycles. The van der Waals surface area contributed by atoms with E-state index in [0.29, 0.717) is 11.1 Å². The molecule has 1 fully saturated rings. The van der Waals surface area contributed by atoms with Crippen LogP contribution in [-0.2, 0) is 36.8 Å². The highest BCUT2D eigenvalue weighted by molar-refractivity contribution is 5.66. The number of nitrogens with zero attached hydrogens (tertiary/aromatic N) is 2. The molecule has 2 aromatic carbocycles. The monoisotopic (exact) mass is 592 g/mol. The van der Waals surface area contributed by atoms with Gasteiger partial charge in [-0.25, -0.2) is 0 Å². The second-order valence-corrected chi connectivity index (χ2v) is 9.37. The number of phenols is 2. The smallest absolute Gasteiger partial charge is 0.303 e. The summed E-state index contributed by atoms with van der Waals surface area (Å²) >= 11 is 0. The second kappa shape index (κ2) is 16.2. The highest BCUT2D eigenvalue weighted by atomic mass is 16.7. The molecule has 0 spiro atoms. The van der Waals surface area contributed by atoms with Crippen molar-refractivity contribution in [1.29, 1.82) is 0 Å². The fourth-order valence-corrected chi connectivity index (χ4v) is 4.09. The minimum absolute atomic E-state index is 0.00630. The van der Waals surface area contributed by atoms with Crippen molar-refractivity contribution in [3.05, 3.63) is 59.7 Å². The van der Waals surface area contributed by atoms with Crippen LogP contribution in [0.4, 0.5) is 0 Å². The lowest BCUT2D eigenvalue weighted by atomic mass is 9.99. The largest absolute Gasteiger partial charge is 0.508 e. The van der Waals surface area contributed by atoms with Gasteiger partial charge in [0.15, 0.2) is 18.7 Å². The van der Waals surface area contributed by atoms with E-state index < -0.39 is 68.4 Å². The molecule has 1 aliphatic rings. The van der Waals surface area contributed by atoms with Crippen LogP contribution in [0.1, 0.15) is 18.1 Å². The first-order valence-corrected chi connectivity index (χ1v) is 13.1. The Morgan fingerprint density at radius 1 is 0.952 bits per heavy atom. The quantitative estimate of drug-likeness (QED) is 0.0830. The number of ether oxygens (including phenoxy) is 4. The van der Waals surface area contributed by atoms with E-state index in [1.165, 1.54) is 18.3 Å². The lowest BCUT2D eigenvalue weighted by Gasteiger charge is -2.42. The van der Waals surface area contributed by atoms with E-state index >= 15 is 0 Å². The van der Waals surface area contributed by atoms with Crippen LogP contribution in [-0.4, -0.2) is 117 Å². The van der Waals surface area contributed by atoms with Gasteiger partial charge in [-0.3, -0.25) is 14.8 Å². The number of carbonyl (C=O) groups is 1. The van der Waals surface area contributed by atoms with Crippen LogP contribution >= 0.6 is 0 Å². The summed E-state index contributed by atoms with van der Waals surface area (Å²) in [5.41, 5.74) is 0.973. The first-order chi connectivity index (χ1) is 20.1. The van der Waals surface area contributed by atoms with Gasteiger partial charge in [0.1, 0.15) is 42.0 Å². The molecule has 3 rings (SSSR count). The normalized spacial score (nSPS) is 25.0. The van der Waals surface area contributed by atoms with Crippen LogP contribution in [0.25, 0.3) is 0 Å². The molecule has 42 heavy (non-hydrogen) atoms. The molecule has 0 bridgehead atoms. The van der Waals surface area contributed by atoms with Gasteiger partial charge in [0.2, 0.25) is 0 Å². The zero-order valence-electron chi connectivity index (χ0n) is 22.8. The van der Waals surface area contributed by atoms with Crippen molar-refractivity contribution in [2.75, 3.05) is 13.2 Å². The number of aliphatic hydroxyl groups is 5. The van der Waals surface area contributed by atoms with Gasteiger partial charge in [-0.05, 0) is 12.1 Å². The average molecular weight is 593 g/mol. The number of esters is 1. The average Bonchev–Trinajstić information content (AvgIpc) is 2.96. The Labute approximate surface area is 241 Å². The number of carbonyl (C=O) groups excluding carboxylic acids is 1. The molecule has 0 unspecified atom stereocenters. The summed E-state index contributed by atoms with van der Waals surface area (Å²) in [6.45, 7) is -0.338. The van der Waals surface area contributed by atoms with E-state index in [1.807, 2.05) is 0 Å². The molecule has 7 N–H and O–H groups in total. The van der Waals surface area contributed by atoms with Gasteiger partial charge in [-0.15, -0.1) is 0 Å². The molecule has 0 aromatic heterocycles. The number of hydrogen-bond donors (Lipinski definition) is 7. The van der Waals surface area contributed by atoms with Gasteiger partial charge in [0.05, 0.1) is 32.5 Å². The predicted octanol–water partition coefficient (Wildman–Crippen LogP) is -0.609. The van der Waals surface area contributed by atoms with Gasteiger partial charge in [0.25, 0.3) is 0 Å². The minimum atomic E-state index is -1.73. The Kier molecular flexibility index (Phi) is 12.8. The molecule has 230 valence electrons. The second-order valence-electron chi connectivity index (χ2n) is 9.37. The molecule has 1 aliphatic heterocycles. The highest BCUT2D eigenvalue weighted by Crippen LogP contribution is 2.26. The predicted molar refractivity (Wildman–Crippen MR) is 147 cm³/mol. The van der Waals surface area contributed by atoms with Crippen LogP contribution in [0.5, 0.6) is 11.5 Å². The number of rotatable bonds is 14. The summed E-state index contributed by atoms with van der Waals surface area (Å²) in [4.78, 5) is 19.8. The standard InChI is InChI=1S/C28H36N2O12/c1-16(33)39-27-25(37)23(15-32)42-28(26(27)38)41-21(12-29-10-17-6-2-4-8-19(17)34)22(14-31)40-24(36)13-30-11-18-7-3-5-9-20(18)35/h2-9,12-13,21-28,31-32,34-38H,10-11,14-15H2,1H3/t21-,22+,23-,24-,25+,26+,27-,28-/m0/s1. The van der Waals surface area contributed by atoms with Crippen LogP contribution in [0.3, 0.4) is 0 Å². The third-order valence-electron chi connectivity index (χ3n) is 6.27. The maximum absolute atomic E-state index is 11.6. The zero-order chi connectivity index (χ0) is 30.6. The summed E-state index contributed by atoms with van der Waals surface area (Å²) < 4.78 is 21.9. The molecule has 0 amide bonds. The highest BCUT2D eigenvalue weighted by Gasteiger charge is 2.48. The summed E-state index contributed by atoms with van der Waals surface area (Å²) in [5, 5.41) is 71.3. The third kappa shape index (κ3) is 9.27. The van der Waals surface area contributed by atoms with Crippen molar-refractivity contribution in [3.63, 3.8) is 0 Å². The van der Waals surface area contributed by atoms with Gasteiger partial charge in [-0.2, -0.15) is 0 Å². The maximum atomic E-state index is 11.6. The van der Waals surface area contributed by atoms with E-state index in [1.54, 1.807) is 36.4 Å². The van der Waals surface area contributed by atoms with Crippen molar-refractivity contribution in [3.8, 4) is 11.5 Å². The maximum Gasteiger partial charge on any atom is 0.303 e. The number of aliphatic hydroxyl groups excluding tert-OH is 5. The Morgan fingerprint density at radius 3 is 2.05 bits per heavy atom. The molecular formula is C28H36N2O12. The van der Waals surface area contributed by atoms with E-state index in [9.17, 15) is 40.5 Å². The Hall–Kier alpha value is -3.47. The molecule has 14 nitrogen and oxygen atoms in total. The van der Waals surface area contributed by atoms with Gasteiger partial charge >= 0.3 is 5.97 Å². The summed E-state index contributed by atoms with van der Waals surface area (Å²) in [6, 6.07) is 13.0. The van der Waals surface area contributed by atoms with Gasteiger partial charge in [-0.1, -0.05) is 36.4 Å². The first kappa shape index (κ1) is 33.0. The topological polar surface area (TPSA) is 220 Å². The van der Waals surface area contributed by atoms with Crippen molar-refractivity contribution in [1.82, 2.24) is 0 Å². The molecule has 0 radical (unpaired) electrons. The number of hydrogen-bond acceptors (Lipinski definition) is 14. The minimum Gasteiger partial charge on any atom is -0.508 e. The molecule has 1 saturated heterocycles. The Balaban J connectivity index is 1.79. The Morgan fingerprint density at radius 2 is 1.52 bits per heavy atom. The van der Waals surface area contributed by atoms with Crippen LogP contribution in [0.2, 0.25) is 0 Å². The summed E-state index contributed by atoms with van der Waals surface area (Å²) in [6.07, 6.45) is -9.79. The van der Waals surface area contributed by atoms with Crippen molar-refractivity contribution in [2.24, 2.45) is 9.98 Å². The number of aromatic hydroxyl groups is 2. The van der Waals surface area contributed by atoms with Crippen LogP contribution < -0.4 is 0 Å². The van der Waals surface area contributed by atoms with Gasteiger partial charge < -0.3 is 54.7 Å². The van der Waals surface area contributed by atoms with Gasteiger partial charge in [0, 0.05) is 24.3 Å². The fourth-order valence-electron chi connectivity index (χ4n) is 4.09. The molecule has 8 atom stereocenters. The summed E-state index contributed by atoms with van der Waals surface area (Å²) in [5.74, 6) is -0.788. The molecular weight excluding hydrogens is 556 g/mol. The van der Waals surface area contributed by atoms with E-state index in [0.717, 1.165) is 13.1 Å². The molecule has 0 saturated carbocycles. The third-order valence-corrected chi connectivity index (χ3v) is 6.27. The lowest BCUT2D eigenvalue weighted by Crippen LogP contribution is -2.61. The van der Waals surface area contributed by atoms with Crippen molar-refractivity contribution >= 4 is 18.4 Å². The first-order valence-electron chi connectivity index (χ1n) is 13.1. The van der Waals surface area contributed by atoms with Crippen molar-refractivity contribution in [2.45, 2.75) is 69.2 Å². The van der Waals surface area contributed by atoms with Crippen molar-refractivity contribution < 1.29 is 59.5 Å². The number of phenolic OH excluding ortho intramolecular Hbond substituents is 2. The van der Waals surface area contributed by atoms with Crippen LogP contribution in [0.15, 0.2) is 58.5 Å². The number of aliphatic imine (C=N–C) groups is 2. The number of para-hydroxylation sites is 2. The molecule has 14 heteroatoms. The summed E-state index contributed by atoms with van der Waals surface area (Å²) in [7, 11) is 0. The Bertz CT molecular complexity index is 1190. The van der Waals surface area contributed by atoms with Crippen LogP contribution in [0, 0.1) is 0 Å². The fraction of sp³-hybridized carbons (Fsp3) is 0.464. The van der Waals surface area contributed by atoms with E-state index in [2.05, 4.69) is 9.98 Å². The SMILES string of the molecule is CC(=O)O[C@@H]1[C@@H](O)[C@@H](O[C@@H](C=NCc2ccccc2O)[C@@H](CO)O[C@H](O)C=NCc2ccccc2O)O[C@@H](CO)[C@H]1O. The zero-order valence-corrected chi connectivity index (χ0v) is 22.8. The lowest BCUT2D eigenvalue weighted by molar-refractivity contribution is -0.315. The molecule has 0 aliphatic carbocycles. The molecule has 2 aromatic rings.